The molecule has 0 aliphatic heterocycles. The van der Waals surface area contributed by atoms with Gasteiger partial charge in [-0.3, -0.25) is 14.4 Å². The first-order chi connectivity index (χ1) is 14.6. The lowest BCUT2D eigenvalue weighted by atomic mass is 9.93. The molecule has 2 aromatic rings. The predicted octanol–water partition coefficient (Wildman–Crippen LogP) is 4.23. The van der Waals surface area contributed by atoms with E-state index in [1.54, 1.807) is 20.8 Å². The molecule has 0 heterocycles. The van der Waals surface area contributed by atoms with Crippen molar-refractivity contribution in [1.29, 1.82) is 0 Å². The Morgan fingerprint density at radius 3 is 2.16 bits per heavy atom. The van der Waals surface area contributed by atoms with Gasteiger partial charge in [-0.15, -0.1) is 0 Å². The van der Waals surface area contributed by atoms with Crippen molar-refractivity contribution >= 4 is 17.8 Å². The lowest BCUT2D eigenvalue weighted by Crippen LogP contribution is -2.35. The first kappa shape index (κ1) is 24.1. The number of esters is 1. The minimum atomic E-state index is -0.905. The number of hydrogen-bond donors (Lipinski definition) is 2. The normalized spacial score (nSPS) is 12.1. The van der Waals surface area contributed by atoms with Crippen LogP contribution in [0.1, 0.15) is 45.6 Å². The second-order valence-electron chi connectivity index (χ2n) is 8.54. The lowest BCUT2D eigenvalue weighted by molar-refractivity contribution is -0.157. The van der Waals surface area contributed by atoms with Crippen LogP contribution in [0.3, 0.4) is 0 Å². The van der Waals surface area contributed by atoms with Crippen LogP contribution in [0.5, 0.6) is 0 Å². The third kappa shape index (κ3) is 9.03. The summed E-state index contributed by atoms with van der Waals surface area (Å²) in [5, 5.41) is 11.5. The maximum Gasteiger partial charge on any atom is 0.307 e. The van der Waals surface area contributed by atoms with E-state index in [1.165, 1.54) is 0 Å². The third-order valence-electron chi connectivity index (χ3n) is 4.61. The molecule has 2 aromatic carbocycles. The molecule has 0 saturated heterocycles. The Labute approximate surface area is 183 Å². The highest BCUT2D eigenvalue weighted by Crippen LogP contribution is 2.22. The molecule has 6 nitrogen and oxygen atoms in total. The van der Waals surface area contributed by atoms with Gasteiger partial charge in [-0.05, 0) is 50.3 Å². The molecule has 31 heavy (non-hydrogen) atoms. The minimum Gasteiger partial charge on any atom is -0.481 e. The topological polar surface area (TPSA) is 92.7 Å². The van der Waals surface area contributed by atoms with Crippen LogP contribution in [0.4, 0.5) is 0 Å². The van der Waals surface area contributed by atoms with Gasteiger partial charge in [0.1, 0.15) is 5.60 Å². The summed E-state index contributed by atoms with van der Waals surface area (Å²) in [5.41, 5.74) is 2.49. The van der Waals surface area contributed by atoms with E-state index in [-0.39, 0.29) is 25.3 Å². The van der Waals surface area contributed by atoms with Gasteiger partial charge in [0.2, 0.25) is 5.91 Å². The zero-order valence-corrected chi connectivity index (χ0v) is 18.4. The first-order valence-electron chi connectivity index (χ1n) is 10.5. The molecule has 0 fully saturated rings. The Morgan fingerprint density at radius 1 is 0.968 bits per heavy atom. The minimum absolute atomic E-state index is 0.0159. The number of amides is 1. The molecule has 0 aliphatic rings. The number of nitrogens with one attached hydrogen (secondary N) is 1. The largest absolute Gasteiger partial charge is 0.481 e. The Bertz CT molecular complexity index is 869. The number of carbonyl (C=O) groups excluding carboxylic acids is 2. The highest BCUT2D eigenvalue weighted by molar-refractivity contribution is 5.84. The van der Waals surface area contributed by atoms with Gasteiger partial charge in [-0.2, -0.15) is 0 Å². The lowest BCUT2D eigenvalue weighted by Gasteiger charge is -2.22. The molecule has 0 aromatic heterocycles. The number of carboxylic acids is 1. The van der Waals surface area contributed by atoms with E-state index in [1.807, 2.05) is 54.6 Å². The number of benzene rings is 2. The molecule has 2 N–H and O–H groups in total. The van der Waals surface area contributed by atoms with Gasteiger partial charge in [-0.25, -0.2) is 0 Å². The van der Waals surface area contributed by atoms with Crippen LogP contribution >= 0.6 is 0 Å². The van der Waals surface area contributed by atoms with Gasteiger partial charge in [0.05, 0.1) is 12.3 Å². The summed E-state index contributed by atoms with van der Waals surface area (Å²) in [7, 11) is 0. The van der Waals surface area contributed by atoms with Crippen molar-refractivity contribution in [3.05, 3.63) is 60.2 Å². The van der Waals surface area contributed by atoms with Crippen LogP contribution in [0.25, 0.3) is 11.1 Å². The van der Waals surface area contributed by atoms with Crippen molar-refractivity contribution in [3.8, 4) is 11.1 Å². The summed E-state index contributed by atoms with van der Waals surface area (Å²) in [6.07, 6.45) is 0.672. The van der Waals surface area contributed by atoms with E-state index >= 15 is 0 Å². The fourth-order valence-electron chi connectivity index (χ4n) is 3.19. The van der Waals surface area contributed by atoms with Crippen molar-refractivity contribution in [2.75, 3.05) is 6.54 Å². The van der Waals surface area contributed by atoms with Crippen molar-refractivity contribution in [2.24, 2.45) is 5.92 Å². The van der Waals surface area contributed by atoms with Gasteiger partial charge in [0.15, 0.2) is 0 Å². The average Bonchev–Trinajstić information content (AvgIpc) is 2.70. The van der Waals surface area contributed by atoms with Gasteiger partial charge in [0.25, 0.3) is 0 Å². The standard InChI is InChI=1S/C25H31NO5/c1-25(2,3)31-23(29)17-21(24(30)26-15-7-10-22(27)28)16-18-11-13-20(14-12-18)19-8-5-4-6-9-19/h4-6,8-9,11-14,21H,7,10,15-17H2,1-3H3,(H,26,30)(H,27,28)/t21-/m1/s1. The SMILES string of the molecule is CC(C)(C)OC(=O)C[C@@H](Cc1ccc(-c2ccccc2)cc1)C(=O)NCCCC(=O)O. The molecule has 1 atom stereocenters. The number of hydrogen-bond acceptors (Lipinski definition) is 4. The molecule has 0 spiro atoms. The molecule has 6 heteroatoms. The maximum absolute atomic E-state index is 12.7. The molecular formula is C25H31NO5. The van der Waals surface area contributed by atoms with E-state index in [0.29, 0.717) is 12.8 Å². The predicted molar refractivity (Wildman–Crippen MR) is 119 cm³/mol. The van der Waals surface area contributed by atoms with Gasteiger partial charge in [-0.1, -0.05) is 54.6 Å². The zero-order valence-electron chi connectivity index (χ0n) is 18.4. The molecule has 0 unspecified atom stereocenters. The monoisotopic (exact) mass is 425 g/mol. The quantitative estimate of drug-likeness (QED) is 0.439. The summed E-state index contributed by atoms with van der Waals surface area (Å²) in [6.45, 7) is 5.61. The molecular weight excluding hydrogens is 394 g/mol. The van der Waals surface area contributed by atoms with Crippen molar-refractivity contribution in [2.45, 2.75) is 52.1 Å². The van der Waals surface area contributed by atoms with Crippen LogP contribution in [0.2, 0.25) is 0 Å². The van der Waals surface area contributed by atoms with Crippen molar-refractivity contribution < 1.29 is 24.2 Å². The molecule has 2 rings (SSSR count). The molecule has 166 valence electrons. The molecule has 0 saturated carbocycles. The Hall–Kier alpha value is -3.15. The Morgan fingerprint density at radius 2 is 1.58 bits per heavy atom. The molecule has 0 aliphatic carbocycles. The van der Waals surface area contributed by atoms with Crippen LogP contribution in [0.15, 0.2) is 54.6 Å². The molecule has 0 radical (unpaired) electrons. The van der Waals surface area contributed by atoms with Crippen LogP contribution in [0, 0.1) is 5.92 Å². The van der Waals surface area contributed by atoms with E-state index in [9.17, 15) is 14.4 Å². The number of carboxylic acid groups (broad SMARTS) is 1. The highest BCUT2D eigenvalue weighted by Gasteiger charge is 2.25. The summed E-state index contributed by atoms with van der Waals surface area (Å²) in [4.78, 5) is 35.7. The Kier molecular flexibility index (Phi) is 8.79. The highest BCUT2D eigenvalue weighted by atomic mass is 16.6. The molecule has 1 amide bonds. The van der Waals surface area contributed by atoms with E-state index in [0.717, 1.165) is 16.7 Å². The first-order valence-corrected chi connectivity index (χ1v) is 10.5. The fraction of sp³-hybridized carbons (Fsp3) is 0.400. The summed E-state index contributed by atoms with van der Waals surface area (Å²) in [5.74, 6) is -2.21. The summed E-state index contributed by atoms with van der Waals surface area (Å²) >= 11 is 0. The van der Waals surface area contributed by atoms with Gasteiger partial charge >= 0.3 is 11.9 Å². The summed E-state index contributed by atoms with van der Waals surface area (Å²) < 4.78 is 5.39. The van der Waals surface area contributed by atoms with Crippen LogP contribution in [-0.2, 0) is 25.5 Å². The second kappa shape index (κ2) is 11.3. The van der Waals surface area contributed by atoms with E-state index in [4.69, 9.17) is 9.84 Å². The van der Waals surface area contributed by atoms with Gasteiger partial charge in [0, 0.05) is 13.0 Å². The Balaban J connectivity index is 2.06. The van der Waals surface area contributed by atoms with E-state index in [2.05, 4.69) is 5.32 Å². The van der Waals surface area contributed by atoms with Crippen molar-refractivity contribution in [3.63, 3.8) is 0 Å². The number of carbonyl (C=O) groups is 3. The smallest absolute Gasteiger partial charge is 0.307 e. The third-order valence-corrected chi connectivity index (χ3v) is 4.61. The average molecular weight is 426 g/mol. The maximum atomic E-state index is 12.7. The zero-order chi connectivity index (χ0) is 22.9. The van der Waals surface area contributed by atoms with Gasteiger partial charge < -0.3 is 15.2 Å². The number of rotatable bonds is 10. The number of aliphatic carboxylic acids is 1. The van der Waals surface area contributed by atoms with Crippen LogP contribution in [-0.4, -0.2) is 35.1 Å². The van der Waals surface area contributed by atoms with Crippen molar-refractivity contribution in [1.82, 2.24) is 5.32 Å². The fourth-order valence-corrected chi connectivity index (χ4v) is 3.19. The second-order valence-corrected chi connectivity index (χ2v) is 8.54. The van der Waals surface area contributed by atoms with E-state index < -0.39 is 23.5 Å². The van der Waals surface area contributed by atoms with Crippen LogP contribution < -0.4 is 5.32 Å². The summed E-state index contributed by atoms with van der Waals surface area (Å²) in [6, 6.07) is 17.9. The number of ether oxygens (including phenoxy) is 1. The molecule has 0 bridgehead atoms.